The average Bonchev–Trinajstić information content (AvgIpc) is 2.89. The predicted molar refractivity (Wildman–Crippen MR) is 79.3 cm³/mol. The number of nitrogens with zero attached hydrogens (tertiary/aromatic N) is 2. The first-order valence-corrected chi connectivity index (χ1v) is 6.95. The predicted octanol–water partition coefficient (Wildman–Crippen LogP) is 3.34. The first-order valence-electron chi connectivity index (χ1n) is 6.95. The van der Waals surface area contributed by atoms with Crippen molar-refractivity contribution in [2.45, 2.75) is 39.3 Å². The SMILES string of the molecule is CCn1cc(C(NC)c2ccc(C(C)C)cc2)cn1. The Bertz CT molecular complexity index is 511. The van der Waals surface area contributed by atoms with Gasteiger partial charge in [0, 0.05) is 18.3 Å². The van der Waals surface area contributed by atoms with Gasteiger partial charge in [0.05, 0.1) is 12.2 Å². The summed E-state index contributed by atoms with van der Waals surface area (Å²) < 4.78 is 1.96. The second kappa shape index (κ2) is 6.02. The van der Waals surface area contributed by atoms with Crippen LogP contribution in [0, 0.1) is 0 Å². The number of aromatic nitrogens is 2. The molecule has 0 saturated heterocycles. The molecule has 1 aromatic carbocycles. The van der Waals surface area contributed by atoms with Gasteiger partial charge in [-0.05, 0) is 31.0 Å². The molecule has 102 valence electrons. The smallest absolute Gasteiger partial charge is 0.0605 e. The normalized spacial score (nSPS) is 12.9. The van der Waals surface area contributed by atoms with Crippen LogP contribution in [0.2, 0.25) is 0 Å². The van der Waals surface area contributed by atoms with Crippen molar-refractivity contribution in [2.24, 2.45) is 0 Å². The maximum atomic E-state index is 4.35. The summed E-state index contributed by atoms with van der Waals surface area (Å²) in [5.41, 5.74) is 3.87. The summed E-state index contributed by atoms with van der Waals surface area (Å²) in [4.78, 5) is 0. The van der Waals surface area contributed by atoms with Crippen LogP contribution in [0.15, 0.2) is 36.7 Å². The van der Waals surface area contributed by atoms with Crippen molar-refractivity contribution in [2.75, 3.05) is 7.05 Å². The van der Waals surface area contributed by atoms with E-state index in [2.05, 4.69) is 61.6 Å². The number of aryl methyl sites for hydroxylation is 1. The van der Waals surface area contributed by atoms with Crippen molar-refractivity contribution in [3.63, 3.8) is 0 Å². The number of rotatable bonds is 5. The molecule has 0 saturated carbocycles. The Hall–Kier alpha value is -1.61. The molecule has 2 rings (SSSR count). The second-order valence-corrected chi connectivity index (χ2v) is 5.17. The molecule has 0 spiro atoms. The number of nitrogens with one attached hydrogen (secondary N) is 1. The third kappa shape index (κ3) is 3.04. The molecule has 1 aromatic heterocycles. The van der Waals surface area contributed by atoms with Gasteiger partial charge in [-0.1, -0.05) is 38.1 Å². The van der Waals surface area contributed by atoms with Crippen molar-refractivity contribution in [3.05, 3.63) is 53.3 Å². The zero-order valence-electron chi connectivity index (χ0n) is 12.2. The topological polar surface area (TPSA) is 29.9 Å². The van der Waals surface area contributed by atoms with Gasteiger partial charge in [0.15, 0.2) is 0 Å². The first-order chi connectivity index (χ1) is 9.15. The lowest BCUT2D eigenvalue weighted by atomic mass is 9.97. The van der Waals surface area contributed by atoms with E-state index < -0.39 is 0 Å². The van der Waals surface area contributed by atoms with Crippen LogP contribution in [-0.2, 0) is 6.54 Å². The van der Waals surface area contributed by atoms with E-state index in [0.717, 1.165) is 6.54 Å². The lowest BCUT2D eigenvalue weighted by molar-refractivity contribution is 0.653. The van der Waals surface area contributed by atoms with E-state index in [0.29, 0.717) is 5.92 Å². The first kappa shape index (κ1) is 13.8. The Morgan fingerprint density at radius 3 is 2.21 bits per heavy atom. The Kier molecular flexibility index (Phi) is 4.38. The Morgan fingerprint density at radius 1 is 1.11 bits per heavy atom. The summed E-state index contributed by atoms with van der Waals surface area (Å²) in [6.07, 6.45) is 4.05. The Balaban J connectivity index is 2.26. The van der Waals surface area contributed by atoms with Crippen LogP contribution < -0.4 is 5.32 Å². The maximum Gasteiger partial charge on any atom is 0.0605 e. The fraction of sp³-hybridized carbons (Fsp3) is 0.438. The maximum absolute atomic E-state index is 4.35. The summed E-state index contributed by atoms with van der Waals surface area (Å²) in [7, 11) is 1.99. The molecule has 0 radical (unpaired) electrons. The van der Waals surface area contributed by atoms with Crippen LogP contribution in [0.4, 0.5) is 0 Å². The van der Waals surface area contributed by atoms with Gasteiger partial charge < -0.3 is 5.32 Å². The number of hydrogen-bond acceptors (Lipinski definition) is 2. The molecule has 3 nitrogen and oxygen atoms in total. The van der Waals surface area contributed by atoms with Gasteiger partial charge in [0.2, 0.25) is 0 Å². The third-order valence-corrected chi connectivity index (χ3v) is 3.54. The standard InChI is InChI=1S/C16H23N3/c1-5-19-11-15(10-18-19)16(17-4)14-8-6-13(7-9-14)12(2)3/h6-12,16-17H,5H2,1-4H3. The van der Waals surface area contributed by atoms with Crippen LogP contribution in [0.25, 0.3) is 0 Å². The highest BCUT2D eigenvalue weighted by Crippen LogP contribution is 2.23. The van der Waals surface area contributed by atoms with E-state index in [1.165, 1.54) is 16.7 Å². The summed E-state index contributed by atoms with van der Waals surface area (Å²) in [5, 5.41) is 7.72. The van der Waals surface area contributed by atoms with Crippen LogP contribution >= 0.6 is 0 Å². The van der Waals surface area contributed by atoms with Crippen molar-refractivity contribution in [3.8, 4) is 0 Å². The summed E-state index contributed by atoms with van der Waals surface area (Å²) in [6, 6.07) is 9.06. The van der Waals surface area contributed by atoms with Gasteiger partial charge in [-0.15, -0.1) is 0 Å². The Labute approximate surface area is 115 Å². The minimum Gasteiger partial charge on any atom is -0.309 e. The Morgan fingerprint density at radius 2 is 1.74 bits per heavy atom. The van der Waals surface area contributed by atoms with E-state index in [1.807, 2.05) is 17.9 Å². The molecule has 2 aromatic rings. The van der Waals surface area contributed by atoms with Gasteiger partial charge >= 0.3 is 0 Å². The molecule has 1 heterocycles. The highest BCUT2D eigenvalue weighted by atomic mass is 15.3. The highest BCUT2D eigenvalue weighted by Gasteiger charge is 2.14. The molecular formula is C16H23N3. The molecule has 1 N–H and O–H groups in total. The highest BCUT2D eigenvalue weighted by molar-refractivity contribution is 5.32. The van der Waals surface area contributed by atoms with Gasteiger partial charge in [-0.2, -0.15) is 5.10 Å². The largest absolute Gasteiger partial charge is 0.309 e. The summed E-state index contributed by atoms with van der Waals surface area (Å²) >= 11 is 0. The van der Waals surface area contributed by atoms with E-state index in [9.17, 15) is 0 Å². The van der Waals surface area contributed by atoms with Gasteiger partial charge in [-0.25, -0.2) is 0 Å². The van der Waals surface area contributed by atoms with Crippen molar-refractivity contribution < 1.29 is 0 Å². The van der Waals surface area contributed by atoms with Gasteiger partial charge in [-0.3, -0.25) is 4.68 Å². The molecule has 0 aliphatic rings. The van der Waals surface area contributed by atoms with Gasteiger partial charge in [0.25, 0.3) is 0 Å². The quantitative estimate of drug-likeness (QED) is 0.890. The molecule has 3 heteroatoms. The zero-order valence-corrected chi connectivity index (χ0v) is 12.2. The summed E-state index contributed by atoms with van der Waals surface area (Å²) in [6.45, 7) is 7.44. The number of hydrogen-bond donors (Lipinski definition) is 1. The molecule has 0 amide bonds. The van der Waals surface area contributed by atoms with E-state index in [1.54, 1.807) is 0 Å². The molecule has 0 aliphatic heterocycles. The average molecular weight is 257 g/mol. The zero-order chi connectivity index (χ0) is 13.8. The molecule has 19 heavy (non-hydrogen) atoms. The van der Waals surface area contributed by atoms with E-state index in [4.69, 9.17) is 0 Å². The lowest BCUT2D eigenvalue weighted by Crippen LogP contribution is -2.17. The molecule has 1 atom stereocenters. The molecular weight excluding hydrogens is 234 g/mol. The molecule has 0 aliphatic carbocycles. The summed E-state index contributed by atoms with van der Waals surface area (Å²) in [5.74, 6) is 0.574. The van der Waals surface area contributed by atoms with E-state index >= 15 is 0 Å². The fourth-order valence-corrected chi connectivity index (χ4v) is 2.30. The lowest BCUT2D eigenvalue weighted by Gasteiger charge is -2.16. The van der Waals surface area contributed by atoms with E-state index in [-0.39, 0.29) is 6.04 Å². The van der Waals surface area contributed by atoms with Crippen LogP contribution in [0.3, 0.4) is 0 Å². The third-order valence-electron chi connectivity index (χ3n) is 3.54. The monoisotopic (exact) mass is 257 g/mol. The van der Waals surface area contributed by atoms with Crippen molar-refractivity contribution in [1.29, 1.82) is 0 Å². The minimum absolute atomic E-state index is 0.210. The van der Waals surface area contributed by atoms with Crippen LogP contribution in [0.1, 0.15) is 49.4 Å². The second-order valence-electron chi connectivity index (χ2n) is 5.17. The number of benzene rings is 1. The van der Waals surface area contributed by atoms with Crippen molar-refractivity contribution in [1.82, 2.24) is 15.1 Å². The molecule has 1 unspecified atom stereocenters. The van der Waals surface area contributed by atoms with Gasteiger partial charge in [0.1, 0.15) is 0 Å². The fourth-order valence-electron chi connectivity index (χ4n) is 2.30. The molecule has 0 bridgehead atoms. The van der Waals surface area contributed by atoms with Crippen LogP contribution in [-0.4, -0.2) is 16.8 Å². The minimum atomic E-state index is 0.210. The molecule has 0 fully saturated rings. The van der Waals surface area contributed by atoms with Crippen molar-refractivity contribution >= 4 is 0 Å². The van der Waals surface area contributed by atoms with Crippen LogP contribution in [0.5, 0.6) is 0 Å².